The first-order chi connectivity index (χ1) is 13.1. The molecule has 140 valence electrons. The number of thioether (sulfide) groups is 1. The van der Waals surface area contributed by atoms with Gasteiger partial charge in [-0.1, -0.05) is 23.9 Å². The van der Waals surface area contributed by atoms with E-state index in [0.717, 1.165) is 11.3 Å². The molecule has 0 fully saturated rings. The lowest BCUT2D eigenvalue weighted by atomic mass is 10.1. The minimum atomic E-state index is -0.351. The standard InChI is InChI=1S/C17H17N5O3S2/c1-3-25-15(24)12-6-4-11(5-7-12)13-8-26-16(19-13)20-14(23)9-27-17-21-18-10-22(17)2/h4-8,10H,3,9H2,1-2H3,(H,19,20,23). The summed E-state index contributed by atoms with van der Waals surface area (Å²) in [5, 5.41) is 13.5. The second-order valence-corrected chi connectivity index (χ2v) is 7.20. The molecule has 2 aromatic heterocycles. The summed E-state index contributed by atoms with van der Waals surface area (Å²) in [6.07, 6.45) is 1.58. The summed E-state index contributed by atoms with van der Waals surface area (Å²) >= 11 is 2.64. The lowest BCUT2D eigenvalue weighted by molar-refractivity contribution is -0.113. The van der Waals surface area contributed by atoms with Gasteiger partial charge in [0.05, 0.1) is 23.6 Å². The maximum absolute atomic E-state index is 12.1. The number of anilines is 1. The van der Waals surface area contributed by atoms with Gasteiger partial charge in [-0.15, -0.1) is 21.5 Å². The Balaban J connectivity index is 1.58. The molecule has 0 saturated heterocycles. The number of hydrogen-bond donors (Lipinski definition) is 1. The van der Waals surface area contributed by atoms with Crippen molar-refractivity contribution in [2.45, 2.75) is 12.1 Å². The molecule has 3 aromatic rings. The predicted octanol–water partition coefficient (Wildman–Crippen LogP) is 2.85. The summed E-state index contributed by atoms with van der Waals surface area (Å²) in [6.45, 7) is 2.10. The summed E-state index contributed by atoms with van der Waals surface area (Å²) in [4.78, 5) is 28.2. The minimum absolute atomic E-state index is 0.165. The average molecular weight is 403 g/mol. The van der Waals surface area contributed by atoms with Crippen LogP contribution in [0.5, 0.6) is 0 Å². The number of rotatable bonds is 7. The third kappa shape index (κ3) is 4.92. The molecule has 2 heterocycles. The van der Waals surface area contributed by atoms with E-state index in [-0.39, 0.29) is 17.6 Å². The van der Waals surface area contributed by atoms with Gasteiger partial charge in [0.15, 0.2) is 10.3 Å². The second-order valence-electron chi connectivity index (χ2n) is 5.40. The zero-order valence-corrected chi connectivity index (χ0v) is 16.3. The number of carbonyl (C=O) groups is 2. The molecule has 1 aromatic carbocycles. The van der Waals surface area contributed by atoms with Crippen molar-refractivity contribution in [1.82, 2.24) is 19.7 Å². The maximum atomic E-state index is 12.1. The molecule has 8 nitrogen and oxygen atoms in total. The topological polar surface area (TPSA) is 99.0 Å². The van der Waals surface area contributed by atoms with Gasteiger partial charge in [0, 0.05) is 18.0 Å². The van der Waals surface area contributed by atoms with E-state index < -0.39 is 0 Å². The lowest BCUT2D eigenvalue weighted by Crippen LogP contribution is -2.14. The smallest absolute Gasteiger partial charge is 0.338 e. The van der Waals surface area contributed by atoms with Crippen LogP contribution in [0, 0.1) is 0 Å². The number of benzene rings is 1. The Bertz CT molecular complexity index is 936. The SMILES string of the molecule is CCOC(=O)c1ccc(-c2csc(NC(=O)CSc3nncn3C)n2)cc1. The quantitative estimate of drug-likeness (QED) is 0.478. The van der Waals surface area contributed by atoms with Crippen molar-refractivity contribution in [3.8, 4) is 11.3 Å². The van der Waals surface area contributed by atoms with Crippen LogP contribution in [0.3, 0.4) is 0 Å². The van der Waals surface area contributed by atoms with Crippen molar-refractivity contribution in [3.05, 3.63) is 41.5 Å². The zero-order chi connectivity index (χ0) is 19.2. The fourth-order valence-electron chi connectivity index (χ4n) is 2.14. The minimum Gasteiger partial charge on any atom is -0.462 e. The van der Waals surface area contributed by atoms with Crippen molar-refractivity contribution in [2.24, 2.45) is 7.05 Å². The first-order valence-electron chi connectivity index (χ1n) is 8.06. The van der Waals surface area contributed by atoms with Crippen LogP contribution in [-0.2, 0) is 16.6 Å². The number of aryl methyl sites for hydroxylation is 1. The molecule has 0 unspecified atom stereocenters. The summed E-state index contributed by atoms with van der Waals surface area (Å²) in [6, 6.07) is 7.00. The number of esters is 1. The molecular formula is C17H17N5O3S2. The molecule has 0 radical (unpaired) electrons. The first kappa shape index (κ1) is 19.1. The third-order valence-corrected chi connectivity index (χ3v) is 5.24. The van der Waals surface area contributed by atoms with Gasteiger partial charge in [0.1, 0.15) is 6.33 Å². The lowest BCUT2D eigenvalue weighted by Gasteiger charge is -2.03. The molecule has 0 spiro atoms. The summed E-state index contributed by atoms with van der Waals surface area (Å²) < 4.78 is 6.72. The van der Waals surface area contributed by atoms with Gasteiger partial charge < -0.3 is 14.6 Å². The van der Waals surface area contributed by atoms with E-state index in [9.17, 15) is 9.59 Å². The van der Waals surface area contributed by atoms with Gasteiger partial charge in [0.2, 0.25) is 5.91 Å². The molecule has 3 rings (SSSR count). The van der Waals surface area contributed by atoms with Gasteiger partial charge in [-0.3, -0.25) is 4.79 Å². The fraction of sp³-hybridized carbons (Fsp3) is 0.235. The summed E-state index contributed by atoms with van der Waals surface area (Å²) in [5.41, 5.74) is 2.07. The van der Waals surface area contributed by atoms with Crippen LogP contribution in [0.4, 0.5) is 5.13 Å². The van der Waals surface area contributed by atoms with Crippen molar-refractivity contribution >= 4 is 40.1 Å². The Morgan fingerprint density at radius 2 is 2.07 bits per heavy atom. The van der Waals surface area contributed by atoms with E-state index in [1.807, 2.05) is 12.4 Å². The molecule has 0 saturated carbocycles. The van der Waals surface area contributed by atoms with Crippen LogP contribution in [0.1, 0.15) is 17.3 Å². The molecule has 10 heteroatoms. The van der Waals surface area contributed by atoms with Crippen LogP contribution in [-0.4, -0.2) is 44.0 Å². The second kappa shape index (κ2) is 8.78. The Kier molecular flexibility index (Phi) is 6.20. The Labute approximate surface area is 164 Å². The molecule has 1 N–H and O–H groups in total. The largest absolute Gasteiger partial charge is 0.462 e. The number of nitrogens with zero attached hydrogens (tertiary/aromatic N) is 4. The summed E-state index contributed by atoms with van der Waals surface area (Å²) in [5.74, 6) is -0.298. The van der Waals surface area contributed by atoms with E-state index in [1.54, 1.807) is 42.1 Å². The van der Waals surface area contributed by atoms with Crippen LogP contribution in [0.25, 0.3) is 11.3 Å². The van der Waals surface area contributed by atoms with E-state index in [1.165, 1.54) is 23.1 Å². The molecular weight excluding hydrogens is 386 g/mol. The van der Waals surface area contributed by atoms with Gasteiger partial charge in [0.25, 0.3) is 0 Å². The number of nitrogens with one attached hydrogen (secondary N) is 1. The van der Waals surface area contributed by atoms with Gasteiger partial charge in [-0.25, -0.2) is 9.78 Å². The first-order valence-corrected chi connectivity index (χ1v) is 9.93. The number of aromatic nitrogens is 4. The molecule has 0 bridgehead atoms. The van der Waals surface area contributed by atoms with E-state index >= 15 is 0 Å². The molecule has 1 amide bonds. The van der Waals surface area contributed by atoms with Crippen LogP contribution >= 0.6 is 23.1 Å². The van der Waals surface area contributed by atoms with Gasteiger partial charge >= 0.3 is 5.97 Å². The third-order valence-electron chi connectivity index (χ3n) is 3.44. The summed E-state index contributed by atoms with van der Waals surface area (Å²) in [7, 11) is 1.82. The zero-order valence-electron chi connectivity index (χ0n) is 14.7. The van der Waals surface area contributed by atoms with Gasteiger partial charge in [-0.05, 0) is 19.1 Å². The van der Waals surface area contributed by atoms with Crippen molar-refractivity contribution in [3.63, 3.8) is 0 Å². The molecule has 27 heavy (non-hydrogen) atoms. The molecule has 0 aliphatic carbocycles. The highest BCUT2D eigenvalue weighted by atomic mass is 32.2. The molecule has 0 aliphatic heterocycles. The Morgan fingerprint density at radius 3 is 2.74 bits per heavy atom. The highest BCUT2D eigenvalue weighted by molar-refractivity contribution is 7.99. The number of hydrogen-bond acceptors (Lipinski definition) is 8. The number of carbonyl (C=O) groups excluding carboxylic acids is 2. The molecule has 0 atom stereocenters. The number of thiazole rings is 1. The van der Waals surface area contributed by atoms with Crippen LogP contribution in [0.15, 0.2) is 41.1 Å². The molecule has 0 aliphatic rings. The van der Waals surface area contributed by atoms with Gasteiger partial charge in [-0.2, -0.15) is 0 Å². The Morgan fingerprint density at radius 1 is 1.30 bits per heavy atom. The van der Waals surface area contributed by atoms with Crippen molar-refractivity contribution in [1.29, 1.82) is 0 Å². The predicted molar refractivity (Wildman–Crippen MR) is 104 cm³/mol. The van der Waals surface area contributed by atoms with E-state index in [2.05, 4.69) is 20.5 Å². The highest BCUT2D eigenvalue weighted by Crippen LogP contribution is 2.25. The number of ether oxygens (including phenoxy) is 1. The number of amides is 1. The van der Waals surface area contributed by atoms with Crippen LogP contribution < -0.4 is 5.32 Å². The van der Waals surface area contributed by atoms with Crippen molar-refractivity contribution < 1.29 is 14.3 Å². The monoisotopic (exact) mass is 403 g/mol. The van der Waals surface area contributed by atoms with Crippen molar-refractivity contribution in [2.75, 3.05) is 17.7 Å². The average Bonchev–Trinajstić information content (AvgIpc) is 3.29. The van der Waals surface area contributed by atoms with E-state index in [0.29, 0.717) is 22.5 Å². The Hall–Kier alpha value is -2.72. The fourth-order valence-corrected chi connectivity index (χ4v) is 3.57. The normalized spacial score (nSPS) is 10.6. The van der Waals surface area contributed by atoms with Crippen LogP contribution in [0.2, 0.25) is 0 Å². The maximum Gasteiger partial charge on any atom is 0.338 e. The van der Waals surface area contributed by atoms with E-state index in [4.69, 9.17) is 4.74 Å². The highest BCUT2D eigenvalue weighted by Gasteiger charge is 2.11.